The minimum absolute atomic E-state index is 0.0776. The van der Waals surface area contributed by atoms with Gasteiger partial charge in [0.2, 0.25) is 16.9 Å². The molecule has 2 heterocycles. The molecule has 4 rings (SSSR count). The van der Waals surface area contributed by atoms with Crippen molar-refractivity contribution in [2.45, 2.75) is 24.3 Å². The van der Waals surface area contributed by atoms with Crippen molar-refractivity contribution in [3.8, 4) is 28.6 Å². The van der Waals surface area contributed by atoms with Crippen molar-refractivity contribution in [2.75, 3.05) is 7.11 Å². The molecule has 0 amide bonds. The monoisotopic (exact) mass is 393 g/mol. The summed E-state index contributed by atoms with van der Waals surface area (Å²) in [5, 5.41) is 16.1. The molecule has 0 saturated carbocycles. The fourth-order valence-electron chi connectivity index (χ4n) is 2.60. The van der Waals surface area contributed by atoms with Crippen LogP contribution in [0.2, 0.25) is 0 Å². The van der Waals surface area contributed by atoms with E-state index in [9.17, 15) is 0 Å². The summed E-state index contributed by atoms with van der Waals surface area (Å²) in [5.41, 5.74) is 3.03. The summed E-state index contributed by atoms with van der Waals surface area (Å²) in [6.07, 6.45) is 0. The van der Waals surface area contributed by atoms with E-state index in [-0.39, 0.29) is 5.25 Å². The van der Waals surface area contributed by atoms with Crippen molar-refractivity contribution in [3.63, 3.8) is 0 Å². The first kappa shape index (κ1) is 18.2. The molecule has 1 N–H and O–H groups in total. The predicted molar refractivity (Wildman–Crippen MR) is 107 cm³/mol. The number of aromatic amines is 1. The summed E-state index contributed by atoms with van der Waals surface area (Å²) >= 11 is 1.46. The maximum Gasteiger partial charge on any atom is 0.247 e. The lowest BCUT2D eigenvalue weighted by atomic mass is 10.1. The Morgan fingerprint density at radius 2 is 1.71 bits per heavy atom. The molecule has 4 aromatic rings. The smallest absolute Gasteiger partial charge is 0.247 e. The fourth-order valence-corrected chi connectivity index (χ4v) is 3.35. The molecule has 0 aliphatic rings. The number of ether oxygens (including phenoxy) is 1. The Kier molecular flexibility index (Phi) is 5.12. The molecule has 7 nitrogen and oxygen atoms in total. The van der Waals surface area contributed by atoms with Crippen LogP contribution in [-0.2, 0) is 0 Å². The lowest BCUT2D eigenvalue weighted by Gasteiger charge is -2.02. The summed E-state index contributed by atoms with van der Waals surface area (Å²) in [6, 6.07) is 15.6. The first-order valence-corrected chi connectivity index (χ1v) is 9.64. The highest BCUT2D eigenvalue weighted by atomic mass is 32.2. The maximum atomic E-state index is 5.84. The Labute approximate surface area is 166 Å². The van der Waals surface area contributed by atoms with Gasteiger partial charge in [0.15, 0.2) is 5.82 Å². The highest BCUT2D eigenvalue weighted by molar-refractivity contribution is 7.99. The number of aryl methyl sites for hydroxylation is 1. The summed E-state index contributed by atoms with van der Waals surface area (Å²) in [7, 11) is 1.64. The number of methoxy groups -OCH3 is 1. The van der Waals surface area contributed by atoms with Crippen LogP contribution in [0.15, 0.2) is 58.1 Å². The molecular weight excluding hydrogens is 374 g/mol. The van der Waals surface area contributed by atoms with Crippen LogP contribution in [0, 0.1) is 6.92 Å². The molecule has 0 aliphatic carbocycles. The van der Waals surface area contributed by atoms with Crippen molar-refractivity contribution < 1.29 is 9.15 Å². The van der Waals surface area contributed by atoms with Gasteiger partial charge in [0.25, 0.3) is 0 Å². The Bertz CT molecular complexity index is 1060. The van der Waals surface area contributed by atoms with E-state index in [0.29, 0.717) is 22.8 Å². The van der Waals surface area contributed by atoms with Crippen LogP contribution >= 0.6 is 11.8 Å². The van der Waals surface area contributed by atoms with Gasteiger partial charge in [-0.05, 0) is 50.2 Å². The number of nitrogens with one attached hydrogen (secondary N) is 1. The van der Waals surface area contributed by atoms with E-state index < -0.39 is 0 Å². The van der Waals surface area contributed by atoms with Gasteiger partial charge < -0.3 is 9.15 Å². The van der Waals surface area contributed by atoms with E-state index in [1.54, 1.807) is 7.11 Å². The second-order valence-electron chi connectivity index (χ2n) is 6.27. The van der Waals surface area contributed by atoms with Crippen molar-refractivity contribution >= 4 is 11.8 Å². The molecule has 0 unspecified atom stereocenters. The van der Waals surface area contributed by atoms with Gasteiger partial charge in [0.1, 0.15) is 5.75 Å². The van der Waals surface area contributed by atoms with E-state index in [0.717, 1.165) is 16.9 Å². The summed E-state index contributed by atoms with van der Waals surface area (Å²) in [4.78, 5) is 4.54. The number of hydrogen-bond donors (Lipinski definition) is 1. The van der Waals surface area contributed by atoms with Gasteiger partial charge in [-0.1, -0.05) is 29.5 Å². The van der Waals surface area contributed by atoms with Gasteiger partial charge in [-0.2, -0.15) is 0 Å². The SMILES string of the molecule is COc1ccc(-c2nc(S[C@H](C)c3nnc(-c4ccc(C)cc4)o3)n[nH]2)cc1. The number of rotatable bonds is 6. The molecule has 2 aromatic heterocycles. The molecule has 2 aromatic carbocycles. The third-order valence-corrected chi connectivity index (χ3v) is 5.15. The highest BCUT2D eigenvalue weighted by Crippen LogP contribution is 2.34. The van der Waals surface area contributed by atoms with Crippen molar-refractivity contribution in [1.82, 2.24) is 25.4 Å². The second kappa shape index (κ2) is 7.85. The van der Waals surface area contributed by atoms with Gasteiger partial charge in [-0.3, -0.25) is 5.10 Å². The normalized spacial score (nSPS) is 12.1. The largest absolute Gasteiger partial charge is 0.497 e. The molecule has 8 heteroatoms. The Balaban J connectivity index is 1.46. The Morgan fingerprint density at radius 1 is 1.00 bits per heavy atom. The zero-order chi connectivity index (χ0) is 19.5. The van der Waals surface area contributed by atoms with Crippen molar-refractivity contribution in [1.29, 1.82) is 0 Å². The number of benzene rings is 2. The molecule has 0 bridgehead atoms. The average molecular weight is 393 g/mol. The van der Waals surface area contributed by atoms with Gasteiger partial charge in [-0.15, -0.1) is 15.3 Å². The van der Waals surface area contributed by atoms with Gasteiger partial charge >= 0.3 is 0 Å². The minimum atomic E-state index is -0.0776. The van der Waals surface area contributed by atoms with Crippen LogP contribution in [-0.4, -0.2) is 32.5 Å². The van der Waals surface area contributed by atoms with Crippen LogP contribution in [0.1, 0.15) is 23.6 Å². The number of aromatic nitrogens is 5. The van der Waals surface area contributed by atoms with Crippen LogP contribution in [0.5, 0.6) is 5.75 Å². The second-order valence-corrected chi connectivity index (χ2v) is 7.57. The zero-order valence-electron chi connectivity index (χ0n) is 15.7. The van der Waals surface area contributed by atoms with E-state index in [2.05, 4.69) is 25.4 Å². The topological polar surface area (TPSA) is 89.7 Å². The van der Waals surface area contributed by atoms with Crippen LogP contribution in [0.25, 0.3) is 22.8 Å². The molecule has 28 heavy (non-hydrogen) atoms. The standard InChI is InChI=1S/C20H19N5O2S/c1-12-4-6-15(7-5-12)19-24-23-18(27-19)13(2)28-20-21-17(22-25-20)14-8-10-16(26-3)11-9-14/h4-11,13H,1-3H3,(H,21,22,25)/t13-/m1/s1. The summed E-state index contributed by atoms with van der Waals surface area (Å²) in [5.74, 6) is 2.54. The van der Waals surface area contributed by atoms with E-state index in [1.165, 1.54) is 17.3 Å². The van der Waals surface area contributed by atoms with E-state index in [1.807, 2.05) is 62.4 Å². The highest BCUT2D eigenvalue weighted by Gasteiger charge is 2.18. The van der Waals surface area contributed by atoms with E-state index in [4.69, 9.17) is 9.15 Å². The fraction of sp³-hybridized carbons (Fsp3) is 0.200. The lowest BCUT2D eigenvalue weighted by molar-refractivity contribution is 0.415. The average Bonchev–Trinajstić information content (AvgIpc) is 3.39. The molecule has 0 aliphatic heterocycles. The molecular formula is C20H19N5O2S. The molecule has 0 radical (unpaired) electrons. The quantitative estimate of drug-likeness (QED) is 0.475. The minimum Gasteiger partial charge on any atom is -0.497 e. The third-order valence-electron chi connectivity index (χ3n) is 4.20. The molecule has 0 spiro atoms. The molecule has 0 saturated heterocycles. The third kappa shape index (κ3) is 3.91. The van der Waals surface area contributed by atoms with Crippen LogP contribution < -0.4 is 4.74 Å². The van der Waals surface area contributed by atoms with Crippen molar-refractivity contribution in [3.05, 3.63) is 60.0 Å². The Morgan fingerprint density at radius 3 is 2.43 bits per heavy atom. The zero-order valence-corrected chi connectivity index (χ0v) is 16.5. The molecule has 0 fully saturated rings. The lowest BCUT2D eigenvalue weighted by Crippen LogP contribution is -1.89. The predicted octanol–water partition coefficient (Wildman–Crippen LogP) is 4.69. The Hall–Kier alpha value is -3.13. The number of nitrogens with zero attached hydrogens (tertiary/aromatic N) is 4. The van der Waals surface area contributed by atoms with Crippen LogP contribution in [0.3, 0.4) is 0 Å². The first-order chi connectivity index (χ1) is 13.6. The summed E-state index contributed by atoms with van der Waals surface area (Å²) < 4.78 is 11.0. The number of hydrogen-bond acceptors (Lipinski definition) is 7. The number of thioether (sulfide) groups is 1. The first-order valence-electron chi connectivity index (χ1n) is 8.76. The van der Waals surface area contributed by atoms with Gasteiger partial charge in [-0.25, -0.2) is 4.98 Å². The van der Waals surface area contributed by atoms with Gasteiger partial charge in [0, 0.05) is 11.1 Å². The molecule has 1 atom stereocenters. The van der Waals surface area contributed by atoms with Gasteiger partial charge in [0.05, 0.1) is 12.4 Å². The van der Waals surface area contributed by atoms with Crippen LogP contribution in [0.4, 0.5) is 0 Å². The van der Waals surface area contributed by atoms with E-state index >= 15 is 0 Å². The maximum absolute atomic E-state index is 5.84. The number of H-pyrrole nitrogens is 1. The van der Waals surface area contributed by atoms with Crippen molar-refractivity contribution in [2.24, 2.45) is 0 Å². The summed E-state index contributed by atoms with van der Waals surface area (Å²) in [6.45, 7) is 4.03. The molecule has 142 valence electrons.